The van der Waals surface area contributed by atoms with Crippen molar-refractivity contribution in [1.82, 2.24) is 5.43 Å². The van der Waals surface area contributed by atoms with Gasteiger partial charge < -0.3 is 14.9 Å². The summed E-state index contributed by atoms with van der Waals surface area (Å²) in [4.78, 5) is 0. The summed E-state index contributed by atoms with van der Waals surface area (Å²) in [5.74, 6) is 1.25. The molecule has 0 saturated heterocycles. The van der Waals surface area contributed by atoms with Crippen LogP contribution < -0.4 is 20.3 Å². The van der Waals surface area contributed by atoms with E-state index in [0.717, 1.165) is 21.3 Å². The maximum absolute atomic E-state index is 6.22. The second-order valence-corrected chi connectivity index (χ2v) is 7.68. The standard InChI is InChI=1S/C21H19BrCl2N2O2/c1-27-20-10-14(12-25-26-17-5-3-2-4-6-17)9-18(22)21(20)28-13-15-7-8-16(23)11-19(15)24/h2-11,25-26H,12-13H2,1H3. The van der Waals surface area contributed by atoms with Crippen molar-refractivity contribution >= 4 is 44.8 Å². The quantitative estimate of drug-likeness (QED) is 0.362. The third-order valence-electron chi connectivity index (χ3n) is 3.98. The van der Waals surface area contributed by atoms with Crippen LogP contribution in [0.15, 0.2) is 65.1 Å². The minimum atomic E-state index is 0.304. The van der Waals surface area contributed by atoms with E-state index in [2.05, 4.69) is 26.8 Å². The molecule has 0 radical (unpaired) electrons. The Morgan fingerprint density at radius 1 is 1.00 bits per heavy atom. The summed E-state index contributed by atoms with van der Waals surface area (Å²) < 4.78 is 12.3. The number of methoxy groups -OCH3 is 1. The highest BCUT2D eigenvalue weighted by Gasteiger charge is 2.13. The van der Waals surface area contributed by atoms with E-state index in [9.17, 15) is 0 Å². The first-order valence-electron chi connectivity index (χ1n) is 8.54. The van der Waals surface area contributed by atoms with Crippen LogP contribution in [-0.2, 0) is 13.2 Å². The number of hydrogen-bond donors (Lipinski definition) is 2. The van der Waals surface area contributed by atoms with Crippen LogP contribution in [0.25, 0.3) is 0 Å². The summed E-state index contributed by atoms with van der Waals surface area (Å²) in [6.45, 7) is 0.908. The molecule has 28 heavy (non-hydrogen) atoms. The van der Waals surface area contributed by atoms with Crippen LogP contribution in [0, 0.1) is 0 Å². The Morgan fingerprint density at radius 3 is 2.50 bits per heavy atom. The summed E-state index contributed by atoms with van der Waals surface area (Å²) in [6, 6.07) is 19.2. The van der Waals surface area contributed by atoms with Crippen molar-refractivity contribution in [2.45, 2.75) is 13.2 Å². The minimum Gasteiger partial charge on any atom is -0.493 e. The lowest BCUT2D eigenvalue weighted by Crippen LogP contribution is -2.20. The number of benzene rings is 3. The maximum atomic E-state index is 6.22. The molecule has 0 fully saturated rings. The van der Waals surface area contributed by atoms with Crippen molar-refractivity contribution < 1.29 is 9.47 Å². The van der Waals surface area contributed by atoms with Gasteiger partial charge in [0.25, 0.3) is 0 Å². The SMILES string of the molecule is COc1cc(CNNc2ccccc2)cc(Br)c1OCc1ccc(Cl)cc1Cl. The van der Waals surface area contributed by atoms with Gasteiger partial charge in [0, 0.05) is 27.8 Å². The molecule has 3 aromatic carbocycles. The van der Waals surface area contributed by atoms with Crippen molar-refractivity contribution in [3.8, 4) is 11.5 Å². The number of ether oxygens (including phenoxy) is 2. The molecule has 146 valence electrons. The van der Waals surface area contributed by atoms with Crippen LogP contribution in [0.1, 0.15) is 11.1 Å². The van der Waals surface area contributed by atoms with E-state index in [4.69, 9.17) is 32.7 Å². The Balaban J connectivity index is 1.67. The molecule has 0 spiro atoms. The molecule has 0 aliphatic carbocycles. The molecule has 0 amide bonds. The monoisotopic (exact) mass is 480 g/mol. The lowest BCUT2D eigenvalue weighted by atomic mass is 10.2. The van der Waals surface area contributed by atoms with E-state index in [1.807, 2.05) is 48.5 Å². The van der Waals surface area contributed by atoms with Gasteiger partial charge in [0.05, 0.1) is 11.6 Å². The molecule has 0 bridgehead atoms. The molecular formula is C21H19BrCl2N2O2. The van der Waals surface area contributed by atoms with Crippen molar-refractivity contribution in [2.24, 2.45) is 0 Å². The number of rotatable bonds is 8. The summed E-state index contributed by atoms with van der Waals surface area (Å²) in [7, 11) is 1.61. The van der Waals surface area contributed by atoms with E-state index in [0.29, 0.717) is 34.7 Å². The second kappa shape index (κ2) is 10.0. The molecule has 0 aliphatic rings. The average Bonchev–Trinajstić information content (AvgIpc) is 2.69. The van der Waals surface area contributed by atoms with Crippen molar-refractivity contribution in [3.05, 3.63) is 86.3 Å². The zero-order chi connectivity index (χ0) is 19.9. The van der Waals surface area contributed by atoms with Gasteiger partial charge in [-0.05, 0) is 57.9 Å². The van der Waals surface area contributed by atoms with E-state index in [-0.39, 0.29) is 0 Å². The molecule has 4 nitrogen and oxygen atoms in total. The van der Waals surface area contributed by atoms with Gasteiger partial charge in [-0.25, -0.2) is 5.43 Å². The molecule has 0 heterocycles. The van der Waals surface area contributed by atoms with Crippen molar-refractivity contribution in [3.63, 3.8) is 0 Å². The van der Waals surface area contributed by atoms with Gasteiger partial charge in [-0.2, -0.15) is 0 Å². The Morgan fingerprint density at radius 2 is 1.79 bits per heavy atom. The van der Waals surface area contributed by atoms with Gasteiger partial charge >= 0.3 is 0 Å². The highest BCUT2D eigenvalue weighted by molar-refractivity contribution is 9.10. The predicted octanol–water partition coefficient (Wildman–Crippen LogP) is 6.46. The normalized spacial score (nSPS) is 10.6. The van der Waals surface area contributed by atoms with E-state index in [1.165, 1.54) is 0 Å². The Hall–Kier alpha value is -1.92. The van der Waals surface area contributed by atoms with Gasteiger partial charge in [-0.1, -0.05) is 47.5 Å². The highest BCUT2D eigenvalue weighted by atomic mass is 79.9. The summed E-state index contributed by atoms with van der Waals surface area (Å²) in [6.07, 6.45) is 0. The molecule has 0 unspecified atom stereocenters. The minimum absolute atomic E-state index is 0.304. The van der Waals surface area contributed by atoms with Crippen molar-refractivity contribution in [2.75, 3.05) is 12.5 Å². The highest BCUT2D eigenvalue weighted by Crippen LogP contribution is 2.37. The first kappa shape index (κ1) is 20.8. The van der Waals surface area contributed by atoms with Crippen LogP contribution in [0.4, 0.5) is 5.69 Å². The molecule has 3 aromatic rings. The molecule has 0 aromatic heterocycles. The summed E-state index contributed by atoms with van der Waals surface area (Å²) >= 11 is 15.7. The fourth-order valence-electron chi connectivity index (χ4n) is 2.57. The zero-order valence-corrected chi connectivity index (χ0v) is 18.2. The molecule has 0 aliphatic heterocycles. The van der Waals surface area contributed by atoms with Crippen molar-refractivity contribution in [1.29, 1.82) is 0 Å². The molecule has 2 N–H and O–H groups in total. The fraction of sp³-hybridized carbons (Fsp3) is 0.143. The maximum Gasteiger partial charge on any atom is 0.175 e. The zero-order valence-electron chi connectivity index (χ0n) is 15.1. The lowest BCUT2D eigenvalue weighted by molar-refractivity contribution is 0.282. The summed E-state index contributed by atoms with van der Waals surface area (Å²) in [5, 5.41) is 1.16. The van der Waals surface area contributed by atoms with Gasteiger partial charge in [0.1, 0.15) is 6.61 Å². The van der Waals surface area contributed by atoms with Gasteiger partial charge in [0.15, 0.2) is 11.5 Å². The molecular weight excluding hydrogens is 463 g/mol. The van der Waals surface area contributed by atoms with E-state index in [1.54, 1.807) is 19.2 Å². The van der Waals surface area contributed by atoms with Crippen LogP contribution in [0.2, 0.25) is 10.0 Å². The fourth-order valence-corrected chi connectivity index (χ4v) is 3.64. The Labute approximate surface area is 182 Å². The topological polar surface area (TPSA) is 42.5 Å². The first-order valence-corrected chi connectivity index (χ1v) is 10.1. The number of nitrogens with one attached hydrogen (secondary N) is 2. The van der Waals surface area contributed by atoms with Gasteiger partial charge in [-0.15, -0.1) is 0 Å². The third-order valence-corrected chi connectivity index (χ3v) is 5.15. The Kier molecular flexibility index (Phi) is 7.45. The molecule has 0 saturated carbocycles. The van der Waals surface area contributed by atoms with Crippen LogP contribution in [0.3, 0.4) is 0 Å². The number of hydrogen-bond acceptors (Lipinski definition) is 4. The number of hydrazine groups is 1. The van der Waals surface area contributed by atoms with E-state index < -0.39 is 0 Å². The smallest absolute Gasteiger partial charge is 0.175 e. The molecule has 3 rings (SSSR count). The van der Waals surface area contributed by atoms with E-state index >= 15 is 0 Å². The largest absolute Gasteiger partial charge is 0.493 e. The number of para-hydroxylation sites is 1. The average molecular weight is 482 g/mol. The summed E-state index contributed by atoms with van der Waals surface area (Å²) in [5.41, 5.74) is 9.22. The third kappa shape index (κ3) is 5.55. The molecule has 0 atom stereocenters. The predicted molar refractivity (Wildman–Crippen MR) is 118 cm³/mol. The number of halogens is 3. The van der Waals surface area contributed by atoms with Crippen LogP contribution >= 0.6 is 39.1 Å². The second-order valence-electron chi connectivity index (χ2n) is 5.98. The van der Waals surface area contributed by atoms with Gasteiger partial charge in [-0.3, -0.25) is 0 Å². The van der Waals surface area contributed by atoms with Gasteiger partial charge in [0.2, 0.25) is 0 Å². The van der Waals surface area contributed by atoms with Crippen LogP contribution in [0.5, 0.6) is 11.5 Å². The van der Waals surface area contributed by atoms with Crippen LogP contribution in [-0.4, -0.2) is 7.11 Å². The Bertz CT molecular complexity index is 939. The lowest BCUT2D eigenvalue weighted by Gasteiger charge is -2.16. The molecule has 7 heteroatoms. The number of anilines is 1. The first-order chi connectivity index (χ1) is 13.6.